The minimum Gasteiger partial charge on any atom is -0.332 e. The van der Waals surface area contributed by atoms with Gasteiger partial charge < -0.3 is 5.32 Å². The van der Waals surface area contributed by atoms with Crippen LogP contribution in [0, 0.1) is 11.2 Å². The number of allylic oxidation sites excluding steroid dienone is 1. The summed E-state index contributed by atoms with van der Waals surface area (Å²) in [5.74, 6) is -4.94. The molecule has 0 bridgehead atoms. The average molecular weight is 470 g/mol. The summed E-state index contributed by atoms with van der Waals surface area (Å²) in [6.45, 7) is 0. The molecule has 0 aliphatic carbocycles. The summed E-state index contributed by atoms with van der Waals surface area (Å²) in [6.07, 6.45) is -17.9. The molecule has 1 atom stereocenters. The highest BCUT2D eigenvalue weighted by Gasteiger charge is 2.51. The fraction of sp³-hybridized carbons (Fsp3) is 0.286. The first-order chi connectivity index (χ1) is 13.5. The van der Waals surface area contributed by atoms with Gasteiger partial charge in [0.15, 0.2) is 5.82 Å². The molecular weight excluding hydrogens is 464 g/mol. The molecule has 5 nitrogen and oxygen atoms in total. The number of hydrazine groups is 1. The van der Waals surface area contributed by atoms with Crippen LogP contribution in [0.25, 0.3) is 0 Å². The van der Waals surface area contributed by atoms with Gasteiger partial charge in [0.05, 0.1) is 16.2 Å². The molecule has 164 valence electrons. The number of nitrogens with one attached hydrogen (secondary N) is 3. The van der Waals surface area contributed by atoms with Gasteiger partial charge in [0.2, 0.25) is 5.84 Å². The van der Waals surface area contributed by atoms with E-state index < -0.39 is 69.7 Å². The molecule has 1 saturated heterocycles. The summed E-state index contributed by atoms with van der Waals surface area (Å²) in [5, 5.41) is 8.13. The van der Waals surface area contributed by atoms with Gasteiger partial charge in [-0.25, -0.2) is 9.38 Å². The molecule has 1 aromatic rings. The molecule has 2 heterocycles. The molecule has 0 spiro atoms. The maximum absolute atomic E-state index is 14.3. The monoisotopic (exact) mass is 469 g/mol. The number of aliphatic imine (C=N–C) groups is 1. The van der Waals surface area contributed by atoms with E-state index in [9.17, 15) is 43.9 Å². The molecular formula is C14H6ClF10N5. The predicted molar refractivity (Wildman–Crippen MR) is 83.2 cm³/mol. The fourth-order valence-electron chi connectivity index (χ4n) is 2.68. The fourth-order valence-corrected chi connectivity index (χ4v) is 2.98. The van der Waals surface area contributed by atoms with E-state index in [0.29, 0.717) is 0 Å². The van der Waals surface area contributed by atoms with Crippen LogP contribution in [0.15, 0.2) is 28.4 Å². The zero-order valence-corrected chi connectivity index (χ0v) is 14.5. The number of halogens is 11. The van der Waals surface area contributed by atoms with Crippen LogP contribution >= 0.6 is 11.6 Å². The SMILES string of the molecule is N=C1C2=C(C(F)(F)F)NC(C(F)(F)F)=NC2NN1c1c(F)cc(C(F)(F)F)cc1Cl. The molecule has 2 aliphatic heterocycles. The number of anilines is 1. The Kier molecular flexibility index (Phi) is 4.97. The van der Waals surface area contributed by atoms with Gasteiger partial charge in [0, 0.05) is 0 Å². The molecule has 1 unspecified atom stereocenters. The van der Waals surface area contributed by atoms with Gasteiger partial charge in [0.1, 0.15) is 23.4 Å². The standard InChI is InChI=1S/C14H6ClF10N5/c15-4-1-3(12(17,18)19)2-5(16)7(4)30-9(26)6-8(13(20,21)22)27-11(14(23,24)25)28-10(6)29-30/h1-2,10,26,29H,(H,27,28). The van der Waals surface area contributed by atoms with Crippen LogP contribution in [0.4, 0.5) is 49.6 Å². The average Bonchev–Trinajstić information content (AvgIpc) is 2.87. The van der Waals surface area contributed by atoms with Crippen LogP contribution in [0.2, 0.25) is 5.02 Å². The van der Waals surface area contributed by atoms with Crippen LogP contribution in [0.3, 0.4) is 0 Å². The molecule has 1 aromatic carbocycles. The number of hydrogen-bond acceptors (Lipinski definition) is 4. The highest BCUT2D eigenvalue weighted by atomic mass is 35.5. The summed E-state index contributed by atoms with van der Waals surface area (Å²) in [5.41, 5.74) is -3.72. The minimum absolute atomic E-state index is 0.0279. The second-order valence-corrected chi connectivity index (χ2v) is 6.30. The van der Waals surface area contributed by atoms with Crippen molar-refractivity contribution in [1.29, 1.82) is 5.41 Å². The summed E-state index contributed by atoms with van der Waals surface area (Å²) in [7, 11) is 0. The zero-order valence-electron chi connectivity index (χ0n) is 13.8. The van der Waals surface area contributed by atoms with Crippen LogP contribution in [0.1, 0.15) is 5.56 Å². The van der Waals surface area contributed by atoms with E-state index in [2.05, 4.69) is 4.99 Å². The van der Waals surface area contributed by atoms with Crippen LogP contribution in [-0.2, 0) is 6.18 Å². The number of nitrogens with zero attached hydrogens (tertiary/aromatic N) is 2. The van der Waals surface area contributed by atoms with Crippen molar-refractivity contribution in [2.45, 2.75) is 24.7 Å². The van der Waals surface area contributed by atoms with Crippen molar-refractivity contribution < 1.29 is 43.9 Å². The van der Waals surface area contributed by atoms with Gasteiger partial charge in [-0.1, -0.05) is 11.6 Å². The number of hydrogen-bond donors (Lipinski definition) is 3. The minimum atomic E-state index is -5.40. The normalized spacial score (nSPS) is 20.4. The third-order valence-electron chi connectivity index (χ3n) is 3.89. The van der Waals surface area contributed by atoms with Gasteiger partial charge in [0.25, 0.3) is 0 Å². The summed E-state index contributed by atoms with van der Waals surface area (Å²) in [6, 6.07) is 0.221. The number of amidine groups is 2. The van der Waals surface area contributed by atoms with E-state index in [1.165, 1.54) is 0 Å². The third kappa shape index (κ3) is 3.78. The van der Waals surface area contributed by atoms with Gasteiger partial charge in [-0.05, 0) is 12.1 Å². The van der Waals surface area contributed by atoms with Crippen molar-refractivity contribution in [3.05, 3.63) is 39.8 Å². The number of benzene rings is 1. The van der Waals surface area contributed by atoms with E-state index in [1.807, 2.05) is 5.43 Å². The van der Waals surface area contributed by atoms with Crippen molar-refractivity contribution >= 4 is 29.0 Å². The van der Waals surface area contributed by atoms with E-state index in [1.54, 1.807) is 0 Å². The molecule has 2 aliphatic rings. The van der Waals surface area contributed by atoms with Gasteiger partial charge >= 0.3 is 18.5 Å². The predicted octanol–water partition coefficient (Wildman–Crippen LogP) is 4.51. The molecule has 0 aromatic heterocycles. The van der Waals surface area contributed by atoms with Gasteiger partial charge in [-0.3, -0.25) is 10.4 Å². The summed E-state index contributed by atoms with van der Waals surface area (Å²) in [4.78, 5) is 3.00. The molecule has 3 rings (SSSR count). The van der Waals surface area contributed by atoms with E-state index in [-0.39, 0.29) is 17.1 Å². The Bertz CT molecular complexity index is 952. The quantitative estimate of drug-likeness (QED) is 0.531. The first kappa shape index (κ1) is 22.1. The Hall–Kier alpha value is -2.55. The Morgan fingerprint density at radius 2 is 1.57 bits per heavy atom. The van der Waals surface area contributed by atoms with E-state index in [0.717, 1.165) is 5.32 Å². The van der Waals surface area contributed by atoms with E-state index in [4.69, 9.17) is 17.0 Å². The topological polar surface area (TPSA) is 63.5 Å². The van der Waals surface area contributed by atoms with Crippen molar-refractivity contribution in [3.63, 3.8) is 0 Å². The number of fused-ring (bicyclic) bond motifs is 1. The Morgan fingerprint density at radius 1 is 0.967 bits per heavy atom. The molecule has 30 heavy (non-hydrogen) atoms. The summed E-state index contributed by atoms with van der Waals surface area (Å²) < 4.78 is 131. The smallest absolute Gasteiger partial charge is 0.332 e. The summed E-state index contributed by atoms with van der Waals surface area (Å²) >= 11 is 5.62. The van der Waals surface area contributed by atoms with Gasteiger partial charge in [-0.2, -0.15) is 44.9 Å². The lowest BCUT2D eigenvalue weighted by atomic mass is 10.1. The first-order valence-corrected chi connectivity index (χ1v) is 7.84. The third-order valence-corrected chi connectivity index (χ3v) is 4.18. The van der Waals surface area contributed by atoms with Crippen molar-refractivity contribution in [2.24, 2.45) is 4.99 Å². The zero-order chi connectivity index (χ0) is 22.8. The van der Waals surface area contributed by atoms with Crippen molar-refractivity contribution in [2.75, 3.05) is 5.01 Å². The largest absolute Gasteiger partial charge is 0.449 e. The maximum Gasteiger partial charge on any atom is 0.449 e. The number of alkyl halides is 9. The lowest BCUT2D eigenvalue weighted by Crippen LogP contribution is -2.47. The molecule has 3 N–H and O–H groups in total. The molecule has 0 saturated carbocycles. The second kappa shape index (κ2) is 6.73. The molecule has 0 amide bonds. The first-order valence-electron chi connectivity index (χ1n) is 7.46. The lowest BCUT2D eigenvalue weighted by molar-refractivity contribution is -0.137. The Balaban J connectivity index is 2.12. The highest BCUT2D eigenvalue weighted by molar-refractivity contribution is 6.34. The molecule has 16 heteroatoms. The van der Waals surface area contributed by atoms with Crippen LogP contribution < -0.4 is 15.8 Å². The lowest BCUT2D eigenvalue weighted by Gasteiger charge is -2.25. The van der Waals surface area contributed by atoms with Crippen molar-refractivity contribution in [1.82, 2.24) is 10.7 Å². The maximum atomic E-state index is 14.3. The van der Waals surface area contributed by atoms with Crippen molar-refractivity contribution in [3.8, 4) is 0 Å². The Labute approximate surface area is 164 Å². The number of rotatable bonds is 1. The van der Waals surface area contributed by atoms with E-state index >= 15 is 0 Å². The second-order valence-electron chi connectivity index (χ2n) is 5.89. The highest BCUT2D eigenvalue weighted by Crippen LogP contribution is 2.41. The molecule has 0 radical (unpaired) electrons. The Morgan fingerprint density at radius 3 is 2.03 bits per heavy atom. The van der Waals surface area contributed by atoms with Gasteiger partial charge in [-0.15, -0.1) is 0 Å². The van der Waals surface area contributed by atoms with Crippen LogP contribution in [-0.4, -0.2) is 30.2 Å². The van der Waals surface area contributed by atoms with Crippen LogP contribution in [0.5, 0.6) is 0 Å². The molecule has 1 fully saturated rings.